The number of anilines is 1. The summed E-state index contributed by atoms with van der Waals surface area (Å²) in [5.41, 5.74) is 7.20. The molecule has 2 amide bonds. The fraction of sp³-hybridized carbons (Fsp3) is 0.273. The van der Waals surface area contributed by atoms with E-state index in [-0.39, 0.29) is 18.2 Å². The molecule has 0 aliphatic carbocycles. The molecular formula is C11H12N2O2. The van der Waals surface area contributed by atoms with Crippen LogP contribution >= 0.6 is 0 Å². The second kappa shape index (κ2) is 3.47. The zero-order valence-corrected chi connectivity index (χ0v) is 8.43. The Balaban J connectivity index is 2.35. The number of imide groups is 1. The molecule has 0 bridgehead atoms. The largest absolute Gasteiger partial charge is 0.319 e. The number of hydrogen-bond donors (Lipinski definition) is 1. The Kier molecular flexibility index (Phi) is 2.28. The highest BCUT2D eigenvalue weighted by Gasteiger charge is 2.36. The number of carbonyl (C=O) groups excluding carboxylic acids is 2. The molecule has 4 heteroatoms. The zero-order valence-electron chi connectivity index (χ0n) is 8.43. The maximum Gasteiger partial charge on any atom is 0.251 e. The molecule has 0 saturated carbocycles. The standard InChI is InChI=1S/C11H12N2O2/c1-7-2-4-8(5-3-7)13-10(14)6-9(12)11(13)15/h2-5,9H,6,12H2,1H3/t9-/m1/s1. The van der Waals surface area contributed by atoms with E-state index in [0.717, 1.165) is 10.5 Å². The van der Waals surface area contributed by atoms with Crippen molar-refractivity contribution in [1.29, 1.82) is 0 Å². The monoisotopic (exact) mass is 204 g/mol. The van der Waals surface area contributed by atoms with Gasteiger partial charge >= 0.3 is 0 Å². The summed E-state index contributed by atoms with van der Waals surface area (Å²) < 4.78 is 0. The van der Waals surface area contributed by atoms with Crippen LogP contribution in [-0.4, -0.2) is 17.9 Å². The first kappa shape index (κ1) is 9.86. The molecule has 1 aromatic carbocycles. The van der Waals surface area contributed by atoms with E-state index < -0.39 is 6.04 Å². The van der Waals surface area contributed by atoms with Crippen LogP contribution in [0.15, 0.2) is 24.3 Å². The number of hydrogen-bond acceptors (Lipinski definition) is 3. The Hall–Kier alpha value is -1.68. The minimum absolute atomic E-state index is 0.104. The van der Waals surface area contributed by atoms with Gasteiger partial charge in [-0.2, -0.15) is 0 Å². The molecule has 1 heterocycles. The van der Waals surface area contributed by atoms with Gasteiger partial charge in [0.2, 0.25) is 5.91 Å². The fourth-order valence-electron chi connectivity index (χ4n) is 1.62. The fourth-order valence-corrected chi connectivity index (χ4v) is 1.62. The Morgan fingerprint density at radius 1 is 1.27 bits per heavy atom. The van der Waals surface area contributed by atoms with Gasteiger partial charge in [-0.05, 0) is 19.1 Å². The number of amides is 2. The lowest BCUT2D eigenvalue weighted by atomic mass is 10.2. The van der Waals surface area contributed by atoms with Gasteiger partial charge < -0.3 is 5.73 Å². The first-order valence-corrected chi connectivity index (χ1v) is 4.78. The van der Waals surface area contributed by atoms with E-state index >= 15 is 0 Å². The summed E-state index contributed by atoms with van der Waals surface area (Å²) in [6, 6.07) is 6.55. The number of nitrogens with two attached hydrogens (primary N) is 1. The van der Waals surface area contributed by atoms with Gasteiger partial charge in [0.25, 0.3) is 5.91 Å². The van der Waals surface area contributed by atoms with Crippen LogP contribution in [0.2, 0.25) is 0 Å². The maximum atomic E-state index is 11.6. The molecule has 4 nitrogen and oxygen atoms in total. The molecule has 1 aliphatic rings. The normalized spacial score (nSPS) is 21.2. The summed E-state index contributed by atoms with van der Waals surface area (Å²) in [6.07, 6.45) is 0.104. The van der Waals surface area contributed by atoms with Gasteiger partial charge in [-0.3, -0.25) is 9.59 Å². The summed E-state index contributed by atoms with van der Waals surface area (Å²) in [5.74, 6) is -0.541. The molecule has 2 rings (SSSR count). The highest BCUT2D eigenvalue weighted by Crippen LogP contribution is 2.22. The van der Waals surface area contributed by atoms with Gasteiger partial charge in [0.15, 0.2) is 0 Å². The second-order valence-corrected chi connectivity index (χ2v) is 3.71. The molecule has 2 N–H and O–H groups in total. The Bertz CT molecular complexity index is 411. The Morgan fingerprint density at radius 2 is 1.87 bits per heavy atom. The van der Waals surface area contributed by atoms with Crippen LogP contribution in [0.4, 0.5) is 5.69 Å². The molecule has 78 valence electrons. The average Bonchev–Trinajstić information content (AvgIpc) is 2.44. The first-order valence-electron chi connectivity index (χ1n) is 4.78. The highest BCUT2D eigenvalue weighted by atomic mass is 16.2. The molecule has 1 saturated heterocycles. The van der Waals surface area contributed by atoms with Crippen molar-refractivity contribution in [2.75, 3.05) is 4.90 Å². The lowest BCUT2D eigenvalue weighted by Gasteiger charge is -2.14. The number of nitrogens with zero attached hydrogens (tertiary/aromatic N) is 1. The van der Waals surface area contributed by atoms with Crippen LogP contribution in [0.1, 0.15) is 12.0 Å². The molecular weight excluding hydrogens is 192 g/mol. The van der Waals surface area contributed by atoms with Crippen molar-refractivity contribution in [3.63, 3.8) is 0 Å². The first-order chi connectivity index (χ1) is 7.09. The second-order valence-electron chi connectivity index (χ2n) is 3.71. The van der Waals surface area contributed by atoms with Crippen LogP contribution in [0.3, 0.4) is 0 Å². The zero-order chi connectivity index (χ0) is 11.0. The van der Waals surface area contributed by atoms with Gasteiger partial charge in [0.05, 0.1) is 18.2 Å². The summed E-state index contributed by atoms with van der Waals surface area (Å²) >= 11 is 0. The summed E-state index contributed by atoms with van der Waals surface area (Å²) in [4.78, 5) is 24.2. The number of aryl methyl sites for hydroxylation is 1. The van der Waals surface area contributed by atoms with E-state index in [9.17, 15) is 9.59 Å². The van der Waals surface area contributed by atoms with E-state index in [4.69, 9.17) is 5.73 Å². The molecule has 0 aromatic heterocycles. The Labute approximate surface area is 87.7 Å². The smallest absolute Gasteiger partial charge is 0.251 e. The Morgan fingerprint density at radius 3 is 2.33 bits per heavy atom. The highest BCUT2D eigenvalue weighted by molar-refractivity contribution is 6.22. The third kappa shape index (κ3) is 1.64. The SMILES string of the molecule is Cc1ccc(N2C(=O)C[C@@H](N)C2=O)cc1. The van der Waals surface area contributed by atoms with Crippen molar-refractivity contribution in [2.24, 2.45) is 5.73 Å². The van der Waals surface area contributed by atoms with Crippen LogP contribution in [-0.2, 0) is 9.59 Å². The molecule has 15 heavy (non-hydrogen) atoms. The predicted molar refractivity (Wildman–Crippen MR) is 56.3 cm³/mol. The molecule has 0 radical (unpaired) electrons. The molecule has 1 aliphatic heterocycles. The van der Waals surface area contributed by atoms with Crippen molar-refractivity contribution in [3.8, 4) is 0 Å². The predicted octanol–water partition coefficient (Wildman–Crippen LogP) is 0.586. The molecule has 0 spiro atoms. The van der Waals surface area contributed by atoms with Gasteiger partial charge in [-0.15, -0.1) is 0 Å². The number of benzene rings is 1. The average molecular weight is 204 g/mol. The van der Waals surface area contributed by atoms with Crippen LogP contribution in [0.25, 0.3) is 0 Å². The summed E-state index contributed by atoms with van der Waals surface area (Å²) in [6.45, 7) is 1.95. The third-order valence-electron chi connectivity index (χ3n) is 2.47. The van der Waals surface area contributed by atoms with E-state index in [1.54, 1.807) is 12.1 Å². The van der Waals surface area contributed by atoms with E-state index in [0.29, 0.717) is 5.69 Å². The van der Waals surface area contributed by atoms with E-state index in [1.165, 1.54) is 0 Å². The van der Waals surface area contributed by atoms with Crippen LogP contribution in [0.5, 0.6) is 0 Å². The van der Waals surface area contributed by atoms with E-state index in [1.807, 2.05) is 19.1 Å². The molecule has 1 atom stereocenters. The molecule has 1 fully saturated rings. The van der Waals surface area contributed by atoms with Gasteiger partial charge in [-0.25, -0.2) is 4.90 Å². The molecule has 0 unspecified atom stereocenters. The van der Waals surface area contributed by atoms with Gasteiger partial charge in [-0.1, -0.05) is 17.7 Å². The maximum absolute atomic E-state index is 11.6. The van der Waals surface area contributed by atoms with E-state index in [2.05, 4.69) is 0 Å². The summed E-state index contributed by atoms with van der Waals surface area (Å²) in [7, 11) is 0. The topological polar surface area (TPSA) is 63.4 Å². The lowest BCUT2D eigenvalue weighted by Crippen LogP contribution is -2.35. The van der Waals surface area contributed by atoms with Gasteiger partial charge in [0, 0.05) is 0 Å². The van der Waals surface area contributed by atoms with Crippen LogP contribution < -0.4 is 10.6 Å². The molecule has 1 aromatic rings. The minimum atomic E-state index is -0.682. The third-order valence-corrected chi connectivity index (χ3v) is 2.47. The minimum Gasteiger partial charge on any atom is -0.319 e. The number of carbonyl (C=O) groups is 2. The van der Waals surface area contributed by atoms with Crippen molar-refractivity contribution in [2.45, 2.75) is 19.4 Å². The van der Waals surface area contributed by atoms with Crippen molar-refractivity contribution in [3.05, 3.63) is 29.8 Å². The van der Waals surface area contributed by atoms with Gasteiger partial charge in [0.1, 0.15) is 0 Å². The van der Waals surface area contributed by atoms with Crippen molar-refractivity contribution in [1.82, 2.24) is 0 Å². The van der Waals surface area contributed by atoms with Crippen molar-refractivity contribution < 1.29 is 9.59 Å². The lowest BCUT2D eigenvalue weighted by molar-refractivity contribution is -0.121. The quantitative estimate of drug-likeness (QED) is 0.681. The summed E-state index contributed by atoms with van der Waals surface area (Å²) in [5, 5.41) is 0. The van der Waals surface area contributed by atoms with Crippen LogP contribution in [0, 0.1) is 6.92 Å². The number of rotatable bonds is 1. The van der Waals surface area contributed by atoms with Crippen molar-refractivity contribution >= 4 is 17.5 Å².